The van der Waals surface area contributed by atoms with Crippen molar-refractivity contribution >= 4 is 19.2 Å². The van der Waals surface area contributed by atoms with Crippen molar-refractivity contribution in [1.82, 2.24) is 30.0 Å². The molecule has 0 saturated heterocycles. The van der Waals surface area contributed by atoms with Crippen molar-refractivity contribution in [3.8, 4) is 22.7 Å². The largest absolute Gasteiger partial charge is 0.673 e. The Morgan fingerprint density at radius 3 is 1.48 bits per heavy atom. The van der Waals surface area contributed by atoms with Crippen LogP contribution in [0.3, 0.4) is 0 Å². The van der Waals surface area contributed by atoms with Gasteiger partial charge in [0.15, 0.2) is 22.7 Å². The Labute approximate surface area is 236 Å². The fraction of sp³-hybridized carbons (Fsp3) is 0. The summed E-state index contributed by atoms with van der Waals surface area (Å²) in [5.74, 6) is 0.501. The van der Waals surface area contributed by atoms with E-state index in [0.717, 1.165) is 22.7 Å². The Hall–Kier alpha value is -5.80. The topological polar surface area (TPSA) is 108 Å². The van der Waals surface area contributed by atoms with Crippen molar-refractivity contribution in [3.63, 3.8) is 0 Å². The van der Waals surface area contributed by atoms with Gasteiger partial charge in [0.2, 0.25) is 0 Å². The first-order chi connectivity index (χ1) is 20.3. The van der Waals surface area contributed by atoms with Crippen LogP contribution >= 0.6 is 0 Å². The van der Waals surface area contributed by atoms with Crippen molar-refractivity contribution < 1.29 is 26.9 Å². The van der Waals surface area contributed by atoms with Gasteiger partial charge in [-0.3, -0.25) is 0 Å². The number of hydrogen-bond acceptors (Lipinski definition) is 6. The van der Waals surface area contributed by atoms with Gasteiger partial charge in [0, 0.05) is 9.90 Å². The van der Waals surface area contributed by atoms with Crippen LogP contribution in [0.5, 0.6) is 0 Å². The van der Waals surface area contributed by atoms with Crippen LogP contribution in [0.4, 0.5) is 29.2 Å². The molecule has 0 N–H and O–H groups in total. The first-order valence-electron chi connectivity index (χ1n) is 12.4. The SMILES string of the molecule is F[B-](F)(F)F.c1ccc(-n2n[n+](-c3ccccc3)nc2/N=N/[N-]c2n[n+](-c3ccccc3)nn2-c2ccccc2)cc1. The summed E-state index contributed by atoms with van der Waals surface area (Å²) in [7, 11) is -6.00. The number of benzene rings is 4. The van der Waals surface area contributed by atoms with Crippen LogP contribution in [0.15, 0.2) is 132 Å². The fourth-order valence-corrected chi connectivity index (χ4v) is 3.58. The van der Waals surface area contributed by atoms with Gasteiger partial charge in [0.1, 0.15) is 10.4 Å². The molecule has 6 rings (SSSR count). The zero-order valence-corrected chi connectivity index (χ0v) is 21.6. The molecule has 4 aromatic carbocycles. The lowest BCUT2D eigenvalue weighted by Crippen LogP contribution is -2.36. The van der Waals surface area contributed by atoms with Crippen LogP contribution in [0.2, 0.25) is 0 Å². The molecule has 0 radical (unpaired) electrons. The first-order valence-corrected chi connectivity index (χ1v) is 12.4. The van der Waals surface area contributed by atoms with Gasteiger partial charge in [-0.25, -0.2) is 0 Å². The average molecular weight is 573 g/mol. The molecule has 6 aromatic rings. The second kappa shape index (κ2) is 12.6. The van der Waals surface area contributed by atoms with Crippen LogP contribution in [0, 0.1) is 0 Å². The second-order valence-corrected chi connectivity index (χ2v) is 8.31. The molecular formula is C26H20BF4N11. The van der Waals surface area contributed by atoms with Crippen molar-refractivity contribution in [2.45, 2.75) is 0 Å². The Bertz CT molecular complexity index is 1740. The summed E-state index contributed by atoms with van der Waals surface area (Å²) in [6, 6.07) is 38.3. The van der Waals surface area contributed by atoms with Gasteiger partial charge in [0.05, 0.1) is 0 Å². The third-order valence-corrected chi connectivity index (χ3v) is 5.34. The zero-order chi connectivity index (χ0) is 29.4. The van der Waals surface area contributed by atoms with E-state index in [-0.39, 0.29) is 11.9 Å². The molecule has 0 saturated carbocycles. The van der Waals surface area contributed by atoms with Gasteiger partial charge < -0.3 is 17.3 Å². The fourth-order valence-electron chi connectivity index (χ4n) is 3.58. The minimum absolute atomic E-state index is 0.250. The minimum atomic E-state index is -6.00. The number of tetrazole rings is 2. The third kappa shape index (κ3) is 7.23. The lowest BCUT2D eigenvalue weighted by atomic mass is 10.3. The number of hydrogen-bond donors (Lipinski definition) is 0. The Balaban J connectivity index is 0.000000652. The predicted molar refractivity (Wildman–Crippen MR) is 144 cm³/mol. The Morgan fingerprint density at radius 2 is 0.976 bits per heavy atom. The standard InChI is InChI=1S/C26H20N11.BF4/c1-5-13-21(14-6-1)34-25(29-36(32-34)23-17-9-3-10-18-23)27-31-28-26-30-37(24-19-11-4-12-20-24)33-35(26)22-15-7-2-8-16-22;2-1(3,4)5/h1-20H;/q+1;-1. The number of halogens is 4. The molecule has 0 aliphatic carbocycles. The monoisotopic (exact) mass is 573 g/mol. The molecule has 0 bridgehead atoms. The van der Waals surface area contributed by atoms with Crippen LogP contribution in [-0.2, 0) is 0 Å². The van der Waals surface area contributed by atoms with E-state index in [4.69, 9.17) is 0 Å². The van der Waals surface area contributed by atoms with Crippen molar-refractivity contribution in [3.05, 3.63) is 127 Å². The molecule has 0 aliphatic heterocycles. The predicted octanol–water partition coefficient (Wildman–Crippen LogP) is 5.41. The van der Waals surface area contributed by atoms with E-state index in [0.29, 0.717) is 0 Å². The van der Waals surface area contributed by atoms with Gasteiger partial charge in [-0.15, -0.1) is 5.22 Å². The molecule has 0 fully saturated rings. The summed E-state index contributed by atoms with van der Waals surface area (Å²) in [4.78, 5) is 2.99. The highest BCUT2D eigenvalue weighted by molar-refractivity contribution is 6.50. The van der Waals surface area contributed by atoms with Crippen molar-refractivity contribution in [2.24, 2.45) is 10.3 Å². The highest BCUT2D eigenvalue weighted by Gasteiger charge is 2.21. The Kier molecular flexibility index (Phi) is 8.32. The quantitative estimate of drug-likeness (QED) is 0.0838. The number of para-hydroxylation sites is 4. The first kappa shape index (κ1) is 27.8. The molecule has 0 atom stereocenters. The van der Waals surface area contributed by atoms with E-state index in [2.05, 4.69) is 36.4 Å². The molecule has 0 aliphatic rings. The summed E-state index contributed by atoms with van der Waals surface area (Å²) < 4.78 is 42.2. The summed E-state index contributed by atoms with van der Waals surface area (Å²) in [6.07, 6.45) is 0. The molecule has 16 heteroatoms. The van der Waals surface area contributed by atoms with Crippen LogP contribution < -0.4 is 9.59 Å². The molecule has 2 aromatic heterocycles. The molecule has 210 valence electrons. The number of nitrogens with zero attached hydrogens (tertiary/aromatic N) is 11. The molecule has 0 unspecified atom stereocenters. The van der Waals surface area contributed by atoms with Crippen LogP contribution in [-0.4, -0.2) is 37.2 Å². The zero-order valence-electron chi connectivity index (χ0n) is 21.6. The van der Waals surface area contributed by atoms with Gasteiger partial charge in [0.25, 0.3) is 5.95 Å². The van der Waals surface area contributed by atoms with Crippen LogP contribution in [0.1, 0.15) is 0 Å². The maximum atomic E-state index is 9.75. The number of rotatable bonds is 7. The lowest BCUT2D eigenvalue weighted by Gasteiger charge is -1.97. The van der Waals surface area contributed by atoms with Gasteiger partial charge in [-0.2, -0.15) is 10.5 Å². The van der Waals surface area contributed by atoms with E-state index in [1.54, 1.807) is 9.36 Å². The maximum Gasteiger partial charge on any atom is 0.673 e. The second-order valence-electron chi connectivity index (χ2n) is 8.31. The Morgan fingerprint density at radius 1 is 0.571 bits per heavy atom. The molecule has 42 heavy (non-hydrogen) atoms. The maximum absolute atomic E-state index is 9.75. The van der Waals surface area contributed by atoms with E-state index in [1.165, 1.54) is 9.59 Å². The molecule has 0 spiro atoms. The summed E-state index contributed by atoms with van der Waals surface area (Å²) in [5.41, 5.74) is 7.43. The summed E-state index contributed by atoms with van der Waals surface area (Å²) >= 11 is 0. The van der Waals surface area contributed by atoms with E-state index < -0.39 is 7.25 Å². The van der Waals surface area contributed by atoms with Crippen molar-refractivity contribution in [1.29, 1.82) is 0 Å². The normalized spacial score (nSPS) is 11.2. The average Bonchev–Trinajstić information content (AvgIpc) is 3.63. The smallest absolute Gasteiger partial charge is 0.418 e. The van der Waals surface area contributed by atoms with Crippen molar-refractivity contribution in [2.75, 3.05) is 0 Å². The van der Waals surface area contributed by atoms with Gasteiger partial charge >= 0.3 is 13.2 Å². The third-order valence-electron chi connectivity index (χ3n) is 5.34. The van der Waals surface area contributed by atoms with Gasteiger partial charge in [-0.1, -0.05) is 87.3 Å². The highest BCUT2D eigenvalue weighted by Crippen LogP contribution is 2.21. The minimum Gasteiger partial charge on any atom is -0.418 e. The van der Waals surface area contributed by atoms with E-state index >= 15 is 0 Å². The summed E-state index contributed by atoms with van der Waals surface area (Å²) in [6.45, 7) is 0. The molecule has 0 amide bonds. The highest BCUT2D eigenvalue weighted by atomic mass is 19.5. The van der Waals surface area contributed by atoms with Crippen LogP contribution in [0.25, 0.3) is 28.2 Å². The summed E-state index contributed by atoms with van der Waals surface area (Å²) in [5, 5.41) is 26.5. The van der Waals surface area contributed by atoms with E-state index in [9.17, 15) is 17.3 Å². The van der Waals surface area contributed by atoms with E-state index in [1.807, 2.05) is 121 Å². The number of aromatic nitrogens is 8. The van der Waals surface area contributed by atoms with Gasteiger partial charge in [-0.05, 0) is 53.3 Å². The molecular weight excluding hydrogens is 553 g/mol. The lowest BCUT2D eigenvalue weighted by molar-refractivity contribution is -0.717. The molecule has 2 heterocycles. The molecule has 11 nitrogen and oxygen atoms in total.